The van der Waals surface area contributed by atoms with Gasteiger partial charge in [0, 0.05) is 8.99 Å². The van der Waals surface area contributed by atoms with Crippen molar-refractivity contribution in [2.45, 2.75) is 76.7 Å². The molecule has 1 fully saturated rings. The number of aliphatic hydroxyl groups excluding tert-OH is 1. The van der Waals surface area contributed by atoms with Gasteiger partial charge in [-0.1, -0.05) is 18.9 Å². The number of aliphatic hydroxyl groups is 1. The molecule has 0 saturated heterocycles. The zero-order valence-corrected chi connectivity index (χ0v) is 18.5. The molecule has 0 aromatic heterocycles. The second-order valence-electron chi connectivity index (χ2n) is 9.23. The van der Waals surface area contributed by atoms with Gasteiger partial charge in [0.25, 0.3) is 0 Å². The Morgan fingerprint density at radius 2 is 2.00 bits per heavy atom. The number of hydrogen-bond acceptors (Lipinski definition) is 3. The van der Waals surface area contributed by atoms with Crippen LogP contribution in [-0.4, -0.2) is 18.0 Å². The molecule has 1 aromatic rings. The number of fused-ring (bicyclic) bond motifs is 6. The lowest BCUT2D eigenvalue weighted by Crippen LogP contribution is -2.44. The van der Waals surface area contributed by atoms with E-state index in [9.17, 15) is 5.11 Å². The number of rotatable bonds is 3. The molecule has 0 bridgehead atoms. The maximum absolute atomic E-state index is 10.1. The maximum Gasteiger partial charge on any atom is 0.231 e. The molecule has 1 saturated carbocycles. The van der Waals surface area contributed by atoms with E-state index in [1.807, 2.05) is 6.92 Å². The lowest BCUT2D eigenvalue weighted by atomic mass is 9.55. The van der Waals surface area contributed by atoms with E-state index in [0.29, 0.717) is 18.1 Å². The first-order valence-corrected chi connectivity index (χ1v) is 11.6. The van der Waals surface area contributed by atoms with E-state index >= 15 is 0 Å². The van der Waals surface area contributed by atoms with Crippen LogP contribution >= 0.6 is 22.6 Å². The summed E-state index contributed by atoms with van der Waals surface area (Å²) in [7, 11) is 0. The van der Waals surface area contributed by atoms with Crippen molar-refractivity contribution >= 4 is 22.6 Å². The lowest BCUT2D eigenvalue weighted by Gasteiger charge is -2.49. The molecule has 0 amide bonds. The predicted molar refractivity (Wildman–Crippen MR) is 115 cm³/mol. The summed E-state index contributed by atoms with van der Waals surface area (Å²) in [6.07, 6.45) is 9.21. The third kappa shape index (κ3) is 2.48. The van der Waals surface area contributed by atoms with Gasteiger partial charge in [0.1, 0.15) is 0 Å². The van der Waals surface area contributed by atoms with E-state index < -0.39 is 0 Å². The van der Waals surface area contributed by atoms with Crippen molar-refractivity contribution in [3.05, 3.63) is 32.4 Å². The fourth-order valence-electron chi connectivity index (χ4n) is 6.57. The third-order valence-corrected chi connectivity index (χ3v) is 9.43. The Kier molecular flexibility index (Phi) is 4.32. The first kappa shape index (κ1) is 18.3. The summed E-state index contributed by atoms with van der Waals surface area (Å²) in [5.74, 6) is 2.45. The van der Waals surface area contributed by atoms with Crippen molar-refractivity contribution in [2.24, 2.45) is 11.3 Å². The van der Waals surface area contributed by atoms with Crippen molar-refractivity contribution in [1.29, 1.82) is 0 Å². The standard InChI is InChI=1S/C23H29IO3/c1-14(25)8-10-23-17-12-19-18(26-13-27-19)11-15(17)6-7-20(23)22(2)9-4-3-5-16(22)21(23)24/h11-12,14,20,25H,3-10,13H2,1-2H3/t14-,20+,22-,23+/m1/s1. The largest absolute Gasteiger partial charge is 0.454 e. The summed E-state index contributed by atoms with van der Waals surface area (Å²) in [5, 5.41) is 10.1. The van der Waals surface area contributed by atoms with Gasteiger partial charge in [-0.05, 0) is 109 Å². The van der Waals surface area contributed by atoms with Gasteiger partial charge in [-0.2, -0.15) is 0 Å². The number of benzene rings is 1. The molecule has 27 heavy (non-hydrogen) atoms. The van der Waals surface area contributed by atoms with E-state index in [-0.39, 0.29) is 11.5 Å². The van der Waals surface area contributed by atoms with Crippen LogP contribution in [0.5, 0.6) is 11.5 Å². The Hall–Kier alpha value is -0.750. The molecule has 3 nitrogen and oxygen atoms in total. The van der Waals surface area contributed by atoms with Gasteiger partial charge in [-0.3, -0.25) is 0 Å². The molecular formula is C23H29IO3. The number of halogens is 1. The minimum atomic E-state index is -0.260. The second-order valence-corrected chi connectivity index (χ2v) is 10.3. The normalized spacial score (nSPS) is 34.9. The van der Waals surface area contributed by atoms with Crippen molar-refractivity contribution in [3.8, 4) is 11.5 Å². The van der Waals surface area contributed by atoms with Crippen LogP contribution in [-0.2, 0) is 11.8 Å². The molecule has 4 heteroatoms. The minimum Gasteiger partial charge on any atom is -0.454 e. The Morgan fingerprint density at radius 1 is 1.22 bits per heavy atom. The predicted octanol–water partition coefficient (Wildman–Crippen LogP) is 5.66. The summed E-state index contributed by atoms with van der Waals surface area (Å²) >= 11 is 2.68. The molecular weight excluding hydrogens is 451 g/mol. The van der Waals surface area contributed by atoms with Crippen LogP contribution < -0.4 is 9.47 Å². The van der Waals surface area contributed by atoms with E-state index in [2.05, 4.69) is 41.6 Å². The van der Waals surface area contributed by atoms with Crippen LogP contribution in [0.1, 0.15) is 69.9 Å². The Balaban J connectivity index is 1.72. The van der Waals surface area contributed by atoms with Crippen LogP contribution in [0.25, 0.3) is 0 Å². The van der Waals surface area contributed by atoms with Gasteiger partial charge >= 0.3 is 0 Å². The number of allylic oxidation sites excluding steroid dienone is 2. The maximum atomic E-state index is 10.1. The number of ether oxygens (including phenoxy) is 2. The highest BCUT2D eigenvalue weighted by Crippen LogP contribution is 2.69. The fraction of sp³-hybridized carbons (Fsp3) is 0.652. The molecule has 146 valence electrons. The van der Waals surface area contributed by atoms with Crippen LogP contribution in [0.2, 0.25) is 0 Å². The monoisotopic (exact) mass is 480 g/mol. The summed E-state index contributed by atoms with van der Waals surface area (Å²) in [6, 6.07) is 4.52. The van der Waals surface area contributed by atoms with Crippen LogP contribution in [0.4, 0.5) is 0 Å². The van der Waals surface area contributed by atoms with E-state index in [4.69, 9.17) is 9.47 Å². The second kappa shape index (κ2) is 6.38. The Labute approximate surface area is 175 Å². The van der Waals surface area contributed by atoms with Crippen molar-refractivity contribution < 1.29 is 14.6 Å². The van der Waals surface area contributed by atoms with Gasteiger partial charge in [0.05, 0.1) is 6.10 Å². The van der Waals surface area contributed by atoms with Gasteiger partial charge < -0.3 is 14.6 Å². The molecule has 1 aliphatic heterocycles. The first-order chi connectivity index (χ1) is 13.0. The molecule has 1 N–H and O–H groups in total. The fourth-order valence-corrected chi connectivity index (χ4v) is 8.40. The van der Waals surface area contributed by atoms with Gasteiger partial charge in [-0.15, -0.1) is 0 Å². The highest BCUT2D eigenvalue weighted by molar-refractivity contribution is 14.1. The van der Waals surface area contributed by atoms with Crippen molar-refractivity contribution in [2.75, 3.05) is 6.79 Å². The molecule has 0 spiro atoms. The van der Waals surface area contributed by atoms with E-state index in [1.165, 1.54) is 43.2 Å². The third-order valence-electron chi connectivity index (χ3n) is 7.82. The van der Waals surface area contributed by atoms with Crippen LogP contribution in [0.3, 0.4) is 0 Å². The lowest BCUT2D eigenvalue weighted by molar-refractivity contribution is 0.108. The highest BCUT2D eigenvalue weighted by Gasteiger charge is 2.60. The van der Waals surface area contributed by atoms with Crippen molar-refractivity contribution in [1.82, 2.24) is 0 Å². The number of aryl methyl sites for hydroxylation is 1. The zero-order chi connectivity index (χ0) is 18.8. The van der Waals surface area contributed by atoms with Crippen molar-refractivity contribution in [3.63, 3.8) is 0 Å². The minimum absolute atomic E-state index is 0.0422. The molecule has 3 aliphatic carbocycles. The smallest absolute Gasteiger partial charge is 0.231 e. The van der Waals surface area contributed by atoms with Gasteiger partial charge in [0.15, 0.2) is 11.5 Å². The number of hydrogen-bond donors (Lipinski definition) is 1. The van der Waals surface area contributed by atoms with Gasteiger partial charge in [-0.25, -0.2) is 0 Å². The molecule has 4 atom stereocenters. The van der Waals surface area contributed by atoms with Gasteiger partial charge in [0.2, 0.25) is 6.79 Å². The molecule has 1 heterocycles. The molecule has 1 aromatic carbocycles. The topological polar surface area (TPSA) is 38.7 Å². The molecule has 0 radical (unpaired) electrons. The first-order valence-electron chi connectivity index (χ1n) is 10.5. The summed E-state index contributed by atoms with van der Waals surface area (Å²) < 4.78 is 13.0. The zero-order valence-electron chi connectivity index (χ0n) is 16.3. The molecule has 5 rings (SSSR count). The summed E-state index contributed by atoms with van der Waals surface area (Å²) in [5.41, 5.74) is 4.96. The Bertz CT molecular complexity index is 814. The summed E-state index contributed by atoms with van der Waals surface area (Å²) in [6.45, 7) is 4.80. The average molecular weight is 480 g/mol. The van der Waals surface area contributed by atoms with E-state index in [1.54, 1.807) is 9.15 Å². The average Bonchev–Trinajstić information content (AvgIpc) is 3.18. The SMILES string of the molecule is C[C@@H](O)CC[C@@]12C(I)=C3CCCC[C@@]3(C)[C@@H]1CCc1cc3c(cc12)OCO3. The summed E-state index contributed by atoms with van der Waals surface area (Å²) in [4.78, 5) is 0. The van der Waals surface area contributed by atoms with Crippen LogP contribution in [0, 0.1) is 11.3 Å². The highest BCUT2D eigenvalue weighted by atomic mass is 127. The molecule has 0 unspecified atom stereocenters. The van der Waals surface area contributed by atoms with Crippen LogP contribution in [0.15, 0.2) is 21.3 Å². The quantitative estimate of drug-likeness (QED) is 0.568. The Morgan fingerprint density at radius 3 is 2.78 bits per heavy atom. The van der Waals surface area contributed by atoms with E-state index in [0.717, 1.165) is 30.8 Å². The molecule has 4 aliphatic rings.